The van der Waals surface area contributed by atoms with Gasteiger partial charge in [-0.05, 0) is 38.5 Å². The van der Waals surface area contributed by atoms with Crippen LogP contribution >= 0.6 is 0 Å². The molecule has 1 heteroatoms. The first-order chi connectivity index (χ1) is 5.83. The van der Waals surface area contributed by atoms with Crippen molar-refractivity contribution in [2.75, 3.05) is 0 Å². The van der Waals surface area contributed by atoms with Gasteiger partial charge in [-0.2, -0.15) is 0 Å². The molecule has 1 fully saturated rings. The van der Waals surface area contributed by atoms with Gasteiger partial charge in [0.1, 0.15) is 5.94 Å². The summed E-state index contributed by atoms with van der Waals surface area (Å²) >= 11 is 0. The molecule has 0 unspecified atom stereocenters. The summed E-state index contributed by atoms with van der Waals surface area (Å²) in [6, 6.07) is 0. The molecule has 0 spiro atoms. The summed E-state index contributed by atoms with van der Waals surface area (Å²) in [5.74, 6) is 3.12. The third-order valence-electron chi connectivity index (χ3n) is 2.32. The standard InChI is InChI=1S/C11H15O/c1-10-4-2-6-11(8-9-12)7-3-5-10/h8H,1-7H2. The molecule has 1 nitrogen and oxygen atoms in total. The van der Waals surface area contributed by atoms with Gasteiger partial charge >= 0.3 is 0 Å². The summed E-state index contributed by atoms with van der Waals surface area (Å²) in [5, 5.41) is 0. The minimum absolute atomic E-state index is 1.05. The Morgan fingerprint density at radius 1 is 1.17 bits per heavy atom. The van der Waals surface area contributed by atoms with Crippen molar-refractivity contribution in [3.63, 3.8) is 0 Å². The zero-order valence-electron chi connectivity index (χ0n) is 7.44. The van der Waals surface area contributed by atoms with Gasteiger partial charge in [-0.3, -0.25) is 0 Å². The van der Waals surface area contributed by atoms with Crippen molar-refractivity contribution in [2.24, 2.45) is 0 Å². The average molecular weight is 163 g/mol. The van der Waals surface area contributed by atoms with Crippen LogP contribution in [0.5, 0.6) is 0 Å². The Bertz CT molecular complexity index is 187. The molecule has 0 heterocycles. The van der Waals surface area contributed by atoms with Crippen molar-refractivity contribution in [3.05, 3.63) is 24.1 Å². The van der Waals surface area contributed by atoms with E-state index >= 15 is 0 Å². The lowest BCUT2D eigenvalue weighted by molar-refractivity contribution is 0.566. The second-order valence-electron chi connectivity index (χ2n) is 3.38. The molecular formula is C11H15O. The number of carbonyl (C=O) groups excluding carboxylic acids is 1. The second-order valence-corrected chi connectivity index (χ2v) is 3.38. The SMILES string of the molecule is C=C1CCC[C](C=C=O)CCC1. The van der Waals surface area contributed by atoms with E-state index in [9.17, 15) is 4.79 Å². The van der Waals surface area contributed by atoms with Crippen LogP contribution < -0.4 is 0 Å². The monoisotopic (exact) mass is 163 g/mol. The van der Waals surface area contributed by atoms with Crippen LogP contribution in [0.2, 0.25) is 0 Å². The highest BCUT2D eigenvalue weighted by Crippen LogP contribution is 2.26. The molecule has 0 bridgehead atoms. The van der Waals surface area contributed by atoms with Crippen molar-refractivity contribution >= 4 is 5.94 Å². The number of allylic oxidation sites excluding steroid dienone is 2. The minimum Gasteiger partial charge on any atom is -0.234 e. The highest BCUT2D eigenvalue weighted by molar-refractivity contribution is 5.50. The molecule has 0 atom stereocenters. The van der Waals surface area contributed by atoms with E-state index < -0.39 is 0 Å². The first-order valence-electron chi connectivity index (χ1n) is 4.55. The summed E-state index contributed by atoms with van der Waals surface area (Å²) in [6.45, 7) is 3.99. The molecule has 0 amide bonds. The summed E-state index contributed by atoms with van der Waals surface area (Å²) in [5.41, 5.74) is 1.36. The average Bonchev–Trinajstić information content (AvgIpc) is 2.00. The van der Waals surface area contributed by atoms with E-state index in [2.05, 4.69) is 6.58 Å². The van der Waals surface area contributed by atoms with Crippen LogP contribution in [0.3, 0.4) is 0 Å². The van der Waals surface area contributed by atoms with E-state index in [0.29, 0.717) is 0 Å². The lowest BCUT2D eigenvalue weighted by Gasteiger charge is -2.15. The molecular weight excluding hydrogens is 148 g/mol. The topological polar surface area (TPSA) is 17.1 Å². The third-order valence-corrected chi connectivity index (χ3v) is 2.32. The second kappa shape index (κ2) is 4.95. The molecule has 1 rings (SSSR count). The van der Waals surface area contributed by atoms with E-state index in [4.69, 9.17) is 0 Å². The summed E-state index contributed by atoms with van der Waals surface area (Å²) in [4.78, 5) is 10.1. The van der Waals surface area contributed by atoms with Gasteiger partial charge in [0.05, 0.1) is 0 Å². The van der Waals surface area contributed by atoms with E-state index in [1.807, 2.05) is 5.94 Å². The number of rotatable bonds is 1. The van der Waals surface area contributed by atoms with Crippen molar-refractivity contribution in [2.45, 2.75) is 38.5 Å². The Morgan fingerprint density at radius 3 is 2.25 bits per heavy atom. The smallest absolute Gasteiger partial charge is 0.120 e. The van der Waals surface area contributed by atoms with Crippen LogP contribution in [0.15, 0.2) is 18.2 Å². The van der Waals surface area contributed by atoms with Gasteiger partial charge in [0.2, 0.25) is 0 Å². The zero-order valence-corrected chi connectivity index (χ0v) is 7.44. The summed E-state index contributed by atoms with van der Waals surface area (Å²) in [7, 11) is 0. The zero-order chi connectivity index (χ0) is 8.81. The lowest BCUT2D eigenvalue weighted by atomic mass is 9.89. The Morgan fingerprint density at radius 2 is 1.75 bits per heavy atom. The van der Waals surface area contributed by atoms with Gasteiger partial charge in [0.15, 0.2) is 0 Å². The molecule has 1 aliphatic rings. The maximum atomic E-state index is 10.1. The summed E-state index contributed by atoms with van der Waals surface area (Å²) in [6.07, 6.45) is 8.24. The van der Waals surface area contributed by atoms with Crippen LogP contribution in [0.25, 0.3) is 0 Å². The summed E-state index contributed by atoms with van der Waals surface area (Å²) < 4.78 is 0. The third kappa shape index (κ3) is 3.06. The fraction of sp³-hybridized carbons (Fsp3) is 0.545. The highest BCUT2D eigenvalue weighted by Gasteiger charge is 2.10. The van der Waals surface area contributed by atoms with Gasteiger partial charge in [0, 0.05) is 12.0 Å². The van der Waals surface area contributed by atoms with Gasteiger partial charge < -0.3 is 0 Å². The Kier molecular flexibility index (Phi) is 3.83. The maximum absolute atomic E-state index is 10.1. The molecule has 12 heavy (non-hydrogen) atoms. The van der Waals surface area contributed by atoms with Crippen molar-refractivity contribution in [1.29, 1.82) is 0 Å². The van der Waals surface area contributed by atoms with Gasteiger partial charge in [-0.15, -0.1) is 0 Å². The molecule has 0 aromatic heterocycles. The van der Waals surface area contributed by atoms with Crippen LogP contribution in [0.4, 0.5) is 0 Å². The molecule has 0 aromatic carbocycles. The first-order valence-corrected chi connectivity index (χ1v) is 4.55. The fourth-order valence-corrected chi connectivity index (χ4v) is 1.61. The fourth-order valence-electron chi connectivity index (χ4n) is 1.61. The largest absolute Gasteiger partial charge is 0.234 e. The first kappa shape index (κ1) is 9.28. The number of hydrogen-bond acceptors (Lipinski definition) is 1. The normalized spacial score (nSPS) is 20.8. The van der Waals surface area contributed by atoms with Crippen LogP contribution in [0.1, 0.15) is 38.5 Å². The van der Waals surface area contributed by atoms with Crippen molar-refractivity contribution in [1.82, 2.24) is 0 Å². The van der Waals surface area contributed by atoms with Crippen LogP contribution in [0, 0.1) is 5.92 Å². The quantitative estimate of drug-likeness (QED) is 0.429. The Hall–Kier alpha value is -0.810. The molecule has 0 N–H and O–H groups in total. The van der Waals surface area contributed by atoms with Crippen LogP contribution in [-0.4, -0.2) is 5.94 Å². The van der Waals surface area contributed by atoms with E-state index in [1.165, 1.54) is 11.5 Å². The number of hydrogen-bond donors (Lipinski definition) is 0. The maximum Gasteiger partial charge on any atom is 0.120 e. The molecule has 0 aliphatic heterocycles. The van der Waals surface area contributed by atoms with Gasteiger partial charge in [0.25, 0.3) is 0 Å². The predicted octanol–water partition coefficient (Wildman–Crippen LogP) is 2.86. The van der Waals surface area contributed by atoms with Crippen molar-refractivity contribution in [3.8, 4) is 0 Å². The van der Waals surface area contributed by atoms with E-state index in [-0.39, 0.29) is 0 Å². The Labute approximate surface area is 74.2 Å². The lowest BCUT2D eigenvalue weighted by Crippen LogP contribution is -1.99. The molecule has 1 aliphatic carbocycles. The molecule has 1 radical (unpaired) electrons. The van der Waals surface area contributed by atoms with Crippen molar-refractivity contribution < 1.29 is 4.79 Å². The molecule has 65 valence electrons. The van der Waals surface area contributed by atoms with Crippen LogP contribution in [-0.2, 0) is 4.79 Å². The molecule has 1 saturated carbocycles. The van der Waals surface area contributed by atoms with E-state index in [1.54, 1.807) is 6.08 Å². The molecule has 0 aromatic rings. The van der Waals surface area contributed by atoms with Gasteiger partial charge in [-0.1, -0.05) is 12.2 Å². The van der Waals surface area contributed by atoms with Gasteiger partial charge in [-0.25, -0.2) is 4.79 Å². The minimum atomic E-state index is 1.05. The predicted molar refractivity (Wildman–Crippen MR) is 50.3 cm³/mol. The Balaban J connectivity index is 2.39. The molecule has 0 saturated heterocycles. The van der Waals surface area contributed by atoms with E-state index in [0.717, 1.165) is 38.5 Å². The highest BCUT2D eigenvalue weighted by atomic mass is 16.1.